The summed E-state index contributed by atoms with van der Waals surface area (Å²) in [5, 5.41) is 11.8. The predicted octanol–water partition coefficient (Wildman–Crippen LogP) is 2.04. The molecule has 2 bridgehead atoms. The normalized spacial score (nSPS) is 31.6. The summed E-state index contributed by atoms with van der Waals surface area (Å²) >= 11 is 0. The maximum atomic E-state index is 12.2. The molecule has 4 heteroatoms. The molecule has 0 aromatic carbocycles. The number of fused-ring (bicyclic) bond motifs is 2. The van der Waals surface area contributed by atoms with Crippen molar-refractivity contribution in [2.75, 3.05) is 0 Å². The van der Waals surface area contributed by atoms with Crippen LogP contribution in [-0.4, -0.2) is 23.0 Å². The van der Waals surface area contributed by atoms with Gasteiger partial charge in [-0.25, -0.2) is 0 Å². The van der Waals surface area contributed by atoms with Crippen molar-refractivity contribution >= 4 is 11.9 Å². The number of hydrogen-bond donors (Lipinski definition) is 2. The zero-order chi connectivity index (χ0) is 13.3. The highest BCUT2D eigenvalue weighted by atomic mass is 16.4. The zero-order valence-corrected chi connectivity index (χ0v) is 11.2. The molecule has 18 heavy (non-hydrogen) atoms. The Hall–Kier alpha value is -1.06. The van der Waals surface area contributed by atoms with Crippen molar-refractivity contribution in [3.8, 4) is 0 Å². The first kappa shape index (κ1) is 13.4. The van der Waals surface area contributed by atoms with Crippen LogP contribution >= 0.6 is 0 Å². The van der Waals surface area contributed by atoms with Crippen LogP contribution in [0.25, 0.3) is 0 Å². The van der Waals surface area contributed by atoms with E-state index in [0.717, 1.165) is 12.3 Å². The third-order valence-electron chi connectivity index (χ3n) is 4.60. The Kier molecular flexibility index (Phi) is 3.93. The van der Waals surface area contributed by atoms with Gasteiger partial charge in [0.15, 0.2) is 0 Å². The van der Waals surface area contributed by atoms with E-state index < -0.39 is 5.97 Å². The molecule has 0 aromatic heterocycles. The lowest BCUT2D eigenvalue weighted by atomic mass is 9.87. The first-order valence-corrected chi connectivity index (χ1v) is 6.99. The number of hydrogen-bond acceptors (Lipinski definition) is 2. The first-order chi connectivity index (χ1) is 8.47. The van der Waals surface area contributed by atoms with Gasteiger partial charge in [0.25, 0.3) is 0 Å². The van der Waals surface area contributed by atoms with Gasteiger partial charge in [0.05, 0.1) is 6.42 Å². The van der Waals surface area contributed by atoms with Crippen LogP contribution in [0.15, 0.2) is 0 Å². The third kappa shape index (κ3) is 2.85. The van der Waals surface area contributed by atoms with Gasteiger partial charge in [0.2, 0.25) is 5.91 Å². The second kappa shape index (κ2) is 5.29. The molecule has 2 rings (SSSR count). The highest BCUT2D eigenvalue weighted by Crippen LogP contribution is 2.48. The van der Waals surface area contributed by atoms with Crippen molar-refractivity contribution in [3.63, 3.8) is 0 Å². The Balaban J connectivity index is 1.90. The molecular formula is C14H23NO3. The second-order valence-corrected chi connectivity index (χ2v) is 6.24. The van der Waals surface area contributed by atoms with Crippen molar-refractivity contribution < 1.29 is 14.7 Å². The molecule has 0 aromatic rings. The van der Waals surface area contributed by atoms with Crippen molar-refractivity contribution in [2.24, 2.45) is 23.7 Å². The van der Waals surface area contributed by atoms with Gasteiger partial charge in [0, 0.05) is 12.0 Å². The van der Waals surface area contributed by atoms with Crippen molar-refractivity contribution in [1.29, 1.82) is 0 Å². The minimum atomic E-state index is -0.845. The van der Waals surface area contributed by atoms with E-state index in [2.05, 4.69) is 5.32 Å². The minimum absolute atomic E-state index is 0.0181. The zero-order valence-electron chi connectivity index (χ0n) is 11.2. The molecule has 1 amide bonds. The summed E-state index contributed by atoms with van der Waals surface area (Å²) in [4.78, 5) is 23.0. The lowest BCUT2D eigenvalue weighted by Crippen LogP contribution is -2.44. The van der Waals surface area contributed by atoms with Crippen LogP contribution in [0.3, 0.4) is 0 Å². The summed E-state index contributed by atoms with van der Waals surface area (Å²) in [6.07, 6.45) is 4.67. The lowest BCUT2D eigenvalue weighted by Gasteiger charge is -2.26. The molecule has 2 aliphatic carbocycles. The lowest BCUT2D eigenvalue weighted by molar-refractivity contribution is -0.138. The second-order valence-electron chi connectivity index (χ2n) is 6.24. The number of aliphatic carboxylic acids is 1. The summed E-state index contributed by atoms with van der Waals surface area (Å²) in [6, 6.07) is -0.242. The molecular weight excluding hydrogens is 230 g/mol. The number of carboxylic acids is 1. The average Bonchev–Trinajstić information content (AvgIpc) is 2.88. The van der Waals surface area contributed by atoms with Crippen LogP contribution in [0.4, 0.5) is 0 Å². The molecule has 4 nitrogen and oxygen atoms in total. The van der Waals surface area contributed by atoms with Crippen LogP contribution in [0, 0.1) is 23.7 Å². The standard InChI is InChI=1S/C14H23NO3/c1-8(2)12(7-13(16)17)15-14(18)11-6-9-3-4-10(11)5-9/h8-12H,3-7H2,1-2H3,(H,15,18)(H,16,17). The molecule has 2 saturated carbocycles. The Morgan fingerprint density at radius 2 is 2.00 bits per heavy atom. The highest BCUT2D eigenvalue weighted by molar-refractivity contribution is 5.80. The van der Waals surface area contributed by atoms with E-state index in [0.29, 0.717) is 5.92 Å². The van der Waals surface area contributed by atoms with E-state index in [4.69, 9.17) is 5.11 Å². The van der Waals surface area contributed by atoms with Crippen LogP contribution < -0.4 is 5.32 Å². The van der Waals surface area contributed by atoms with Gasteiger partial charge < -0.3 is 10.4 Å². The molecule has 0 spiro atoms. The smallest absolute Gasteiger partial charge is 0.305 e. The van der Waals surface area contributed by atoms with Crippen LogP contribution in [0.2, 0.25) is 0 Å². The molecule has 0 radical (unpaired) electrons. The maximum absolute atomic E-state index is 12.2. The average molecular weight is 253 g/mol. The fraction of sp³-hybridized carbons (Fsp3) is 0.857. The van der Waals surface area contributed by atoms with E-state index in [1.54, 1.807) is 0 Å². The van der Waals surface area contributed by atoms with Gasteiger partial charge in [-0.3, -0.25) is 9.59 Å². The van der Waals surface area contributed by atoms with Gasteiger partial charge in [-0.05, 0) is 37.0 Å². The van der Waals surface area contributed by atoms with E-state index in [-0.39, 0.29) is 30.2 Å². The summed E-state index contributed by atoms with van der Waals surface area (Å²) in [5.74, 6) is 0.821. The Labute approximate surface area is 108 Å². The largest absolute Gasteiger partial charge is 0.481 e. The number of carboxylic acid groups (broad SMARTS) is 1. The number of carbonyl (C=O) groups excluding carboxylic acids is 1. The SMILES string of the molecule is CC(C)C(CC(=O)O)NC(=O)C1CC2CCC1C2. The Morgan fingerprint density at radius 1 is 1.28 bits per heavy atom. The molecule has 102 valence electrons. The minimum Gasteiger partial charge on any atom is -0.481 e. The first-order valence-electron chi connectivity index (χ1n) is 6.99. The molecule has 0 aliphatic heterocycles. The summed E-state index contributed by atoms with van der Waals surface area (Å²) in [7, 11) is 0. The van der Waals surface area contributed by atoms with E-state index >= 15 is 0 Å². The highest BCUT2D eigenvalue weighted by Gasteiger charge is 2.43. The van der Waals surface area contributed by atoms with Gasteiger partial charge in [-0.2, -0.15) is 0 Å². The number of amides is 1. The van der Waals surface area contributed by atoms with Crippen molar-refractivity contribution in [3.05, 3.63) is 0 Å². The molecule has 2 fully saturated rings. The number of carbonyl (C=O) groups is 2. The molecule has 0 saturated heterocycles. The molecule has 2 aliphatic rings. The van der Waals surface area contributed by atoms with Crippen LogP contribution in [0.1, 0.15) is 46.0 Å². The molecule has 2 N–H and O–H groups in total. The van der Waals surface area contributed by atoms with E-state index in [1.807, 2.05) is 13.8 Å². The summed E-state index contributed by atoms with van der Waals surface area (Å²) in [5.41, 5.74) is 0. The van der Waals surface area contributed by atoms with Crippen LogP contribution in [0.5, 0.6) is 0 Å². The monoisotopic (exact) mass is 253 g/mol. The fourth-order valence-electron chi connectivity index (χ4n) is 3.50. The predicted molar refractivity (Wildman–Crippen MR) is 68.0 cm³/mol. The summed E-state index contributed by atoms with van der Waals surface area (Å²) < 4.78 is 0. The quantitative estimate of drug-likeness (QED) is 0.788. The molecule has 4 atom stereocenters. The van der Waals surface area contributed by atoms with Crippen molar-refractivity contribution in [1.82, 2.24) is 5.32 Å². The van der Waals surface area contributed by atoms with E-state index in [9.17, 15) is 9.59 Å². The summed E-state index contributed by atoms with van der Waals surface area (Å²) in [6.45, 7) is 3.91. The number of nitrogens with one attached hydrogen (secondary N) is 1. The maximum Gasteiger partial charge on any atom is 0.305 e. The third-order valence-corrected chi connectivity index (χ3v) is 4.60. The van der Waals surface area contributed by atoms with Crippen molar-refractivity contribution in [2.45, 2.75) is 52.0 Å². The Morgan fingerprint density at radius 3 is 2.44 bits per heavy atom. The molecule has 0 heterocycles. The van der Waals surface area contributed by atoms with Gasteiger partial charge in [-0.15, -0.1) is 0 Å². The van der Waals surface area contributed by atoms with E-state index in [1.165, 1.54) is 19.3 Å². The van der Waals surface area contributed by atoms with Gasteiger partial charge in [0.1, 0.15) is 0 Å². The number of rotatable bonds is 5. The van der Waals surface area contributed by atoms with Gasteiger partial charge >= 0.3 is 5.97 Å². The topological polar surface area (TPSA) is 66.4 Å². The molecule has 4 unspecified atom stereocenters. The Bertz CT molecular complexity index is 340. The van der Waals surface area contributed by atoms with Crippen LogP contribution in [-0.2, 0) is 9.59 Å². The fourth-order valence-corrected chi connectivity index (χ4v) is 3.50. The van der Waals surface area contributed by atoms with Gasteiger partial charge in [-0.1, -0.05) is 20.3 Å².